The predicted molar refractivity (Wildman–Crippen MR) is 100 cm³/mol. The summed E-state index contributed by atoms with van der Waals surface area (Å²) in [5.41, 5.74) is 5.37. The number of allylic oxidation sites excluding steroid dienone is 1. The zero-order valence-electron chi connectivity index (χ0n) is 15.0. The van der Waals surface area contributed by atoms with Gasteiger partial charge in [-0.3, -0.25) is 4.79 Å². The van der Waals surface area contributed by atoms with Crippen LogP contribution in [0.3, 0.4) is 0 Å². The van der Waals surface area contributed by atoms with E-state index in [-0.39, 0.29) is 18.0 Å². The summed E-state index contributed by atoms with van der Waals surface area (Å²) in [4.78, 5) is 14.5. The fraction of sp³-hybridized carbons (Fsp3) is 0.318. The molecule has 138 valence electrons. The van der Waals surface area contributed by atoms with Gasteiger partial charge in [0.1, 0.15) is 11.9 Å². The van der Waals surface area contributed by atoms with Crippen molar-refractivity contribution < 1.29 is 19.4 Å². The molecule has 2 aliphatic heterocycles. The quantitative estimate of drug-likeness (QED) is 0.758. The number of phenolic OH excluding ortho intramolecular Hbond substituents is 1. The van der Waals surface area contributed by atoms with E-state index in [1.165, 1.54) is 11.1 Å². The topological polar surface area (TPSA) is 59.0 Å². The van der Waals surface area contributed by atoms with Crippen LogP contribution in [-0.4, -0.2) is 42.1 Å². The Morgan fingerprint density at radius 1 is 1.04 bits per heavy atom. The van der Waals surface area contributed by atoms with Gasteiger partial charge in [0.2, 0.25) is 0 Å². The number of nitrogens with zero attached hydrogens (tertiary/aromatic N) is 1. The van der Waals surface area contributed by atoms with Gasteiger partial charge in [0.05, 0.1) is 19.6 Å². The Morgan fingerprint density at radius 2 is 1.85 bits per heavy atom. The largest absolute Gasteiger partial charge is 0.508 e. The van der Waals surface area contributed by atoms with Gasteiger partial charge < -0.3 is 19.5 Å². The summed E-state index contributed by atoms with van der Waals surface area (Å²) in [6.45, 7) is 2.66. The van der Waals surface area contributed by atoms with Crippen molar-refractivity contribution in [2.75, 3.05) is 26.3 Å². The molecule has 0 aromatic heterocycles. The van der Waals surface area contributed by atoms with Gasteiger partial charge in [-0.2, -0.15) is 0 Å². The number of rotatable bonds is 2. The minimum absolute atomic E-state index is 0.0280. The fourth-order valence-corrected chi connectivity index (χ4v) is 4.29. The van der Waals surface area contributed by atoms with E-state index in [0.29, 0.717) is 32.2 Å². The van der Waals surface area contributed by atoms with Crippen molar-refractivity contribution in [3.05, 3.63) is 65.0 Å². The Labute approximate surface area is 157 Å². The Morgan fingerprint density at radius 3 is 2.70 bits per heavy atom. The van der Waals surface area contributed by atoms with Crippen LogP contribution < -0.4 is 0 Å². The molecule has 1 aliphatic carbocycles. The summed E-state index contributed by atoms with van der Waals surface area (Å²) in [6, 6.07) is 12.0. The van der Waals surface area contributed by atoms with Crippen LogP contribution in [0, 0.1) is 0 Å². The second-order valence-electron chi connectivity index (χ2n) is 7.22. The SMILES string of the molecule is O=C1C=C(N2CCOCC2)OC(c2c(O)ccc3c2Cc2ccccc2-3)C1. The number of hydrogen-bond acceptors (Lipinski definition) is 5. The van der Waals surface area contributed by atoms with Crippen molar-refractivity contribution in [1.82, 2.24) is 4.90 Å². The number of ketones is 1. The van der Waals surface area contributed by atoms with E-state index < -0.39 is 6.10 Å². The van der Waals surface area contributed by atoms with E-state index in [4.69, 9.17) is 9.47 Å². The van der Waals surface area contributed by atoms with Gasteiger partial charge in [-0.05, 0) is 34.7 Å². The molecule has 0 radical (unpaired) electrons. The molecule has 0 amide bonds. The molecule has 0 spiro atoms. The predicted octanol–water partition coefficient (Wildman–Crippen LogP) is 3.17. The lowest BCUT2D eigenvalue weighted by Gasteiger charge is -2.35. The van der Waals surface area contributed by atoms with E-state index in [1.54, 1.807) is 12.1 Å². The first kappa shape index (κ1) is 16.4. The lowest BCUT2D eigenvalue weighted by Crippen LogP contribution is -2.38. The summed E-state index contributed by atoms with van der Waals surface area (Å²) in [5, 5.41) is 10.6. The average Bonchev–Trinajstić information content (AvgIpc) is 3.06. The fourth-order valence-electron chi connectivity index (χ4n) is 4.29. The first-order valence-corrected chi connectivity index (χ1v) is 9.37. The Bertz CT molecular complexity index is 943. The van der Waals surface area contributed by atoms with Gasteiger partial charge in [0.25, 0.3) is 0 Å². The van der Waals surface area contributed by atoms with E-state index in [9.17, 15) is 9.90 Å². The minimum atomic E-state index is -0.468. The first-order valence-electron chi connectivity index (χ1n) is 9.37. The molecule has 5 rings (SSSR count). The molecular formula is C22H21NO4. The van der Waals surface area contributed by atoms with Gasteiger partial charge in [-0.15, -0.1) is 0 Å². The number of carbonyl (C=O) groups is 1. The van der Waals surface area contributed by atoms with Crippen LogP contribution >= 0.6 is 0 Å². The molecule has 2 aromatic rings. The summed E-state index contributed by atoms with van der Waals surface area (Å²) in [7, 11) is 0. The van der Waals surface area contributed by atoms with Crippen LogP contribution in [0.5, 0.6) is 5.75 Å². The van der Waals surface area contributed by atoms with Crippen molar-refractivity contribution >= 4 is 5.78 Å². The third kappa shape index (κ3) is 2.79. The highest BCUT2D eigenvalue weighted by molar-refractivity contribution is 5.91. The molecule has 0 bridgehead atoms. The van der Waals surface area contributed by atoms with Crippen LogP contribution in [0.4, 0.5) is 0 Å². The van der Waals surface area contributed by atoms with Crippen molar-refractivity contribution in [3.8, 4) is 16.9 Å². The second-order valence-corrected chi connectivity index (χ2v) is 7.22. The normalized spacial score (nSPS) is 21.3. The molecule has 1 fully saturated rings. The molecule has 2 aromatic carbocycles. The van der Waals surface area contributed by atoms with Crippen molar-refractivity contribution in [2.45, 2.75) is 18.9 Å². The number of carbonyl (C=O) groups excluding carboxylic acids is 1. The molecule has 1 N–H and O–H groups in total. The summed E-state index contributed by atoms with van der Waals surface area (Å²) >= 11 is 0. The standard InChI is InChI=1S/C22H21NO4/c24-15-12-20(27-21(13-15)23-7-9-26-10-8-23)22-18-11-14-3-1-2-4-16(14)17(18)5-6-19(22)25/h1-6,13,20,25H,7-12H2. The maximum absolute atomic E-state index is 12.4. The molecule has 1 saturated heterocycles. The maximum atomic E-state index is 12.4. The summed E-state index contributed by atoms with van der Waals surface area (Å²) in [5.74, 6) is 0.815. The zero-order valence-corrected chi connectivity index (χ0v) is 15.0. The molecule has 1 unspecified atom stereocenters. The van der Waals surface area contributed by atoms with Gasteiger partial charge >= 0.3 is 0 Å². The lowest BCUT2D eigenvalue weighted by molar-refractivity contribution is -0.120. The highest BCUT2D eigenvalue weighted by Crippen LogP contribution is 2.46. The smallest absolute Gasteiger partial charge is 0.193 e. The van der Waals surface area contributed by atoms with Crippen molar-refractivity contribution in [3.63, 3.8) is 0 Å². The second kappa shape index (κ2) is 6.43. The number of ether oxygens (including phenoxy) is 2. The van der Waals surface area contributed by atoms with Gasteiger partial charge in [-0.1, -0.05) is 30.3 Å². The van der Waals surface area contributed by atoms with Crippen molar-refractivity contribution in [1.29, 1.82) is 0 Å². The summed E-state index contributed by atoms with van der Waals surface area (Å²) in [6.07, 6.45) is 2.11. The van der Waals surface area contributed by atoms with E-state index in [2.05, 4.69) is 12.1 Å². The van der Waals surface area contributed by atoms with Crippen LogP contribution in [0.2, 0.25) is 0 Å². The van der Waals surface area contributed by atoms with Crippen molar-refractivity contribution in [2.24, 2.45) is 0 Å². The summed E-state index contributed by atoms with van der Waals surface area (Å²) < 4.78 is 11.6. The van der Waals surface area contributed by atoms with Crippen LogP contribution in [0.15, 0.2) is 48.4 Å². The first-order chi connectivity index (χ1) is 13.2. The Kier molecular flexibility index (Phi) is 3.90. The van der Waals surface area contributed by atoms with Crippen LogP contribution in [0.25, 0.3) is 11.1 Å². The highest BCUT2D eigenvalue weighted by Gasteiger charge is 2.33. The maximum Gasteiger partial charge on any atom is 0.193 e. The van der Waals surface area contributed by atoms with Crippen LogP contribution in [0.1, 0.15) is 29.2 Å². The molecule has 5 nitrogen and oxygen atoms in total. The monoisotopic (exact) mass is 363 g/mol. The third-order valence-electron chi connectivity index (χ3n) is 5.59. The Balaban J connectivity index is 1.52. The molecule has 2 heterocycles. The third-order valence-corrected chi connectivity index (χ3v) is 5.59. The zero-order chi connectivity index (χ0) is 18.4. The molecule has 27 heavy (non-hydrogen) atoms. The number of phenols is 1. The van der Waals surface area contributed by atoms with Gasteiger partial charge in [-0.25, -0.2) is 0 Å². The van der Waals surface area contributed by atoms with Crippen LogP contribution in [-0.2, 0) is 20.7 Å². The number of fused-ring (bicyclic) bond motifs is 3. The number of hydrogen-bond donors (Lipinski definition) is 1. The molecule has 3 aliphatic rings. The number of morpholine rings is 1. The number of aromatic hydroxyl groups is 1. The molecule has 1 atom stereocenters. The Hall–Kier alpha value is -2.79. The lowest BCUT2D eigenvalue weighted by atomic mass is 9.93. The molecule has 5 heteroatoms. The van der Waals surface area contributed by atoms with E-state index in [1.807, 2.05) is 23.1 Å². The molecular weight excluding hydrogens is 342 g/mol. The van der Waals surface area contributed by atoms with Gasteiger partial charge in [0, 0.05) is 24.7 Å². The average molecular weight is 363 g/mol. The van der Waals surface area contributed by atoms with Gasteiger partial charge in [0.15, 0.2) is 11.7 Å². The highest BCUT2D eigenvalue weighted by atomic mass is 16.5. The minimum Gasteiger partial charge on any atom is -0.508 e. The van der Waals surface area contributed by atoms with E-state index in [0.717, 1.165) is 23.1 Å². The number of benzene rings is 2. The molecule has 0 saturated carbocycles. The van der Waals surface area contributed by atoms with E-state index >= 15 is 0 Å².